The number of aromatic nitrogens is 2. The van der Waals surface area contributed by atoms with Crippen LogP contribution < -0.4 is 11.1 Å². The maximum atomic E-state index is 11.7. The summed E-state index contributed by atoms with van der Waals surface area (Å²) in [5.74, 6) is 0.130. The molecule has 0 unspecified atom stereocenters. The standard InChI is InChI=1S/C11H14N4OS/c1-2-7-3-4-17-9(7)6-13-11(16)8-5-10(12)15-14-8/h3-5H,2,6H2,1H3,(H,13,16)(H3,12,14,15). The van der Waals surface area contributed by atoms with Crippen molar-refractivity contribution in [3.63, 3.8) is 0 Å². The van der Waals surface area contributed by atoms with E-state index in [1.54, 1.807) is 11.3 Å². The fraction of sp³-hybridized carbons (Fsp3) is 0.273. The number of amides is 1. The zero-order valence-electron chi connectivity index (χ0n) is 9.49. The molecule has 90 valence electrons. The number of carbonyl (C=O) groups excluding carboxylic acids is 1. The van der Waals surface area contributed by atoms with Crippen molar-refractivity contribution in [2.24, 2.45) is 0 Å². The summed E-state index contributed by atoms with van der Waals surface area (Å²) in [6, 6.07) is 3.60. The van der Waals surface area contributed by atoms with E-state index in [2.05, 4.69) is 28.5 Å². The second-order valence-electron chi connectivity index (χ2n) is 3.61. The Hall–Kier alpha value is -1.82. The van der Waals surface area contributed by atoms with Crippen LogP contribution in [0.2, 0.25) is 0 Å². The summed E-state index contributed by atoms with van der Waals surface area (Å²) in [5, 5.41) is 11.2. The zero-order chi connectivity index (χ0) is 12.3. The maximum Gasteiger partial charge on any atom is 0.269 e. The van der Waals surface area contributed by atoms with Gasteiger partial charge in [0.1, 0.15) is 11.5 Å². The number of H-pyrrole nitrogens is 1. The third-order valence-corrected chi connectivity index (χ3v) is 3.43. The minimum Gasteiger partial charge on any atom is -0.382 e. The number of anilines is 1. The second-order valence-corrected chi connectivity index (χ2v) is 4.61. The number of rotatable bonds is 4. The minimum atomic E-state index is -0.190. The highest BCUT2D eigenvalue weighted by molar-refractivity contribution is 7.10. The minimum absolute atomic E-state index is 0.190. The number of nitrogens with two attached hydrogens (primary N) is 1. The molecule has 0 aliphatic carbocycles. The number of nitrogens with zero attached hydrogens (tertiary/aromatic N) is 1. The molecule has 0 radical (unpaired) electrons. The van der Waals surface area contributed by atoms with E-state index in [0.717, 1.165) is 6.42 Å². The van der Waals surface area contributed by atoms with Gasteiger partial charge in [0.25, 0.3) is 5.91 Å². The van der Waals surface area contributed by atoms with Crippen LogP contribution in [0.25, 0.3) is 0 Å². The topological polar surface area (TPSA) is 83.8 Å². The van der Waals surface area contributed by atoms with Gasteiger partial charge < -0.3 is 11.1 Å². The monoisotopic (exact) mass is 250 g/mol. The van der Waals surface area contributed by atoms with E-state index in [1.165, 1.54) is 16.5 Å². The maximum absolute atomic E-state index is 11.7. The molecule has 6 heteroatoms. The molecule has 4 N–H and O–H groups in total. The van der Waals surface area contributed by atoms with Crippen LogP contribution in [0, 0.1) is 0 Å². The van der Waals surface area contributed by atoms with Crippen molar-refractivity contribution in [3.05, 3.63) is 33.6 Å². The van der Waals surface area contributed by atoms with Crippen LogP contribution in [0.1, 0.15) is 27.9 Å². The number of hydrogen-bond donors (Lipinski definition) is 3. The second kappa shape index (κ2) is 5.01. The number of carbonyl (C=O) groups is 1. The lowest BCUT2D eigenvalue weighted by Crippen LogP contribution is -2.23. The lowest BCUT2D eigenvalue weighted by molar-refractivity contribution is 0.0946. The summed E-state index contributed by atoms with van der Waals surface area (Å²) in [6.45, 7) is 2.64. The van der Waals surface area contributed by atoms with Crippen LogP contribution in [0.3, 0.4) is 0 Å². The predicted octanol–water partition coefficient (Wildman–Crippen LogP) is 1.55. The molecule has 0 saturated carbocycles. The predicted molar refractivity (Wildman–Crippen MR) is 67.9 cm³/mol. The van der Waals surface area contributed by atoms with Crippen molar-refractivity contribution in [3.8, 4) is 0 Å². The van der Waals surface area contributed by atoms with Gasteiger partial charge in [-0.1, -0.05) is 6.92 Å². The summed E-state index contributed by atoms with van der Waals surface area (Å²) in [4.78, 5) is 12.9. The van der Waals surface area contributed by atoms with E-state index < -0.39 is 0 Å². The molecule has 2 heterocycles. The molecule has 5 nitrogen and oxygen atoms in total. The average Bonchev–Trinajstić information content (AvgIpc) is 2.94. The van der Waals surface area contributed by atoms with E-state index in [0.29, 0.717) is 18.1 Å². The van der Waals surface area contributed by atoms with Crippen LogP contribution in [0.15, 0.2) is 17.5 Å². The number of aromatic amines is 1. The Bertz CT molecular complexity index is 517. The van der Waals surface area contributed by atoms with Crippen LogP contribution >= 0.6 is 11.3 Å². The van der Waals surface area contributed by atoms with E-state index >= 15 is 0 Å². The molecular weight excluding hydrogens is 236 g/mol. The summed E-state index contributed by atoms with van der Waals surface area (Å²) < 4.78 is 0. The van der Waals surface area contributed by atoms with Crippen LogP contribution in [0.5, 0.6) is 0 Å². The SMILES string of the molecule is CCc1ccsc1CNC(=O)c1cc(N)n[nH]1. The van der Waals surface area contributed by atoms with Crippen LogP contribution in [-0.2, 0) is 13.0 Å². The first-order valence-electron chi connectivity index (χ1n) is 5.35. The number of nitrogens with one attached hydrogen (secondary N) is 2. The molecule has 0 aliphatic heterocycles. The van der Waals surface area contributed by atoms with E-state index in [-0.39, 0.29) is 5.91 Å². The van der Waals surface area contributed by atoms with Gasteiger partial charge in [0.2, 0.25) is 0 Å². The number of nitrogen functional groups attached to an aromatic ring is 1. The van der Waals surface area contributed by atoms with Gasteiger partial charge in [-0.2, -0.15) is 5.10 Å². The third-order valence-electron chi connectivity index (χ3n) is 2.47. The van der Waals surface area contributed by atoms with Crippen molar-refractivity contribution < 1.29 is 4.79 Å². The van der Waals surface area contributed by atoms with Gasteiger partial charge in [-0.05, 0) is 23.4 Å². The van der Waals surface area contributed by atoms with Crippen LogP contribution in [-0.4, -0.2) is 16.1 Å². The van der Waals surface area contributed by atoms with Gasteiger partial charge in [-0.15, -0.1) is 11.3 Å². The molecule has 0 aliphatic rings. The Morgan fingerprint density at radius 1 is 1.65 bits per heavy atom. The molecule has 1 amide bonds. The third kappa shape index (κ3) is 2.65. The Morgan fingerprint density at radius 2 is 2.47 bits per heavy atom. The zero-order valence-corrected chi connectivity index (χ0v) is 10.3. The van der Waals surface area contributed by atoms with Gasteiger partial charge in [0.05, 0.1) is 6.54 Å². The van der Waals surface area contributed by atoms with Gasteiger partial charge in [-0.25, -0.2) is 0 Å². The van der Waals surface area contributed by atoms with Gasteiger partial charge in [-0.3, -0.25) is 9.89 Å². The fourth-order valence-electron chi connectivity index (χ4n) is 1.55. The quantitative estimate of drug-likeness (QED) is 0.769. The molecule has 0 aromatic carbocycles. The number of aryl methyl sites for hydroxylation is 1. The molecule has 2 aromatic rings. The van der Waals surface area contributed by atoms with Crippen molar-refractivity contribution in [1.29, 1.82) is 0 Å². The highest BCUT2D eigenvalue weighted by Crippen LogP contribution is 2.17. The molecule has 0 spiro atoms. The Balaban J connectivity index is 1.97. The molecule has 0 saturated heterocycles. The first-order chi connectivity index (χ1) is 8.20. The van der Waals surface area contributed by atoms with Gasteiger partial charge in [0.15, 0.2) is 0 Å². The first-order valence-corrected chi connectivity index (χ1v) is 6.23. The lowest BCUT2D eigenvalue weighted by Gasteiger charge is -2.03. The summed E-state index contributed by atoms with van der Waals surface area (Å²) in [6.07, 6.45) is 0.978. The largest absolute Gasteiger partial charge is 0.382 e. The van der Waals surface area contributed by atoms with Crippen molar-refractivity contribution in [2.45, 2.75) is 19.9 Å². The first kappa shape index (κ1) is 11.7. The van der Waals surface area contributed by atoms with Crippen molar-refractivity contribution in [2.75, 3.05) is 5.73 Å². The molecular formula is C11H14N4OS. The fourth-order valence-corrected chi connectivity index (χ4v) is 2.46. The van der Waals surface area contributed by atoms with Crippen LogP contribution in [0.4, 0.5) is 5.82 Å². The molecule has 2 rings (SSSR count). The molecule has 0 atom stereocenters. The normalized spacial score (nSPS) is 10.4. The lowest BCUT2D eigenvalue weighted by atomic mass is 10.2. The highest BCUT2D eigenvalue weighted by atomic mass is 32.1. The van der Waals surface area contributed by atoms with Gasteiger partial charge in [0, 0.05) is 10.9 Å². The molecule has 2 aromatic heterocycles. The van der Waals surface area contributed by atoms with E-state index in [9.17, 15) is 4.79 Å². The number of thiophene rings is 1. The molecule has 0 fully saturated rings. The summed E-state index contributed by atoms with van der Waals surface area (Å²) >= 11 is 1.65. The Morgan fingerprint density at radius 3 is 3.12 bits per heavy atom. The van der Waals surface area contributed by atoms with E-state index in [4.69, 9.17) is 5.73 Å². The smallest absolute Gasteiger partial charge is 0.269 e. The Labute approximate surface area is 103 Å². The van der Waals surface area contributed by atoms with Crippen molar-refractivity contribution in [1.82, 2.24) is 15.5 Å². The van der Waals surface area contributed by atoms with Gasteiger partial charge >= 0.3 is 0 Å². The Kier molecular flexibility index (Phi) is 3.43. The highest BCUT2D eigenvalue weighted by Gasteiger charge is 2.09. The summed E-state index contributed by atoms with van der Waals surface area (Å²) in [7, 11) is 0. The average molecular weight is 250 g/mol. The number of hydrogen-bond acceptors (Lipinski definition) is 4. The molecule has 0 bridgehead atoms. The van der Waals surface area contributed by atoms with Crippen molar-refractivity contribution >= 4 is 23.1 Å². The summed E-state index contributed by atoms with van der Waals surface area (Å²) in [5.41, 5.74) is 7.10. The van der Waals surface area contributed by atoms with E-state index in [1.807, 2.05) is 5.38 Å². The molecule has 17 heavy (non-hydrogen) atoms.